The number of aromatic nitrogens is 2. The van der Waals surface area contributed by atoms with Gasteiger partial charge in [-0.05, 0) is 44.0 Å². The summed E-state index contributed by atoms with van der Waals surface area (Å²) in [5.74, 6) is 0.504. The van der Waals surface area contributed by atoms with Crippen LogP contribution in [0.2, 0.25) is 0 Å². The van der Waals surface area contributed by atoms with Crippen molar-refractivity contribution in [3.05, 3.63) is 66.2 Å². The Kier molecular flexibility index (Phi) is 5.37. The Morgan fingerprint density at radius 2 is 1.79 bits per heavy atom. The summed E-state index contributed by atoms with van der Waals surface area (Å²) in [6.07, 6.45) is 5.68. The average Bonchev–Trinajstić information content (AvgIpc) is 3.26. The standard InChI is InChI=1S/C22H22FN5O/c1-15-18(23)8-5-9-19(15)27-22(29)26-17-7-4-6-16(14-17)20-21(25-11-10-24-20)28-12-2-3-13-28/h4-11,14H,2-3,12-13H2,1H3,(H2,26,27,29). The summed E-state index contributed by atoms with van der Waals surface area (Å²) >= 11 is 0. The molecule has 1 fully saturated rings. The maximum Gasteiger partial charge on any atom is 0.323 e. The first-order valence-corrected chi connectivity index (χ1v) is 9.61. The first-order valence-electron chi connectivity index (χ1n) is 9.61. The number of benzene rings is 2. The third kappa shape index (κ3) is 4.18. The van der Waals surface area contributed by atoms with Gasteiger partial charge in [0, 0.05) is 48.0 Å². The molecular formula is C22H22FN5O. The van der Waals surface area contributed by atoms with Crippen LogP contribution in [0.1, 0.15) is 18.4 Å². The van der Waals surface area contributed by atoms with Crippen LogP contribution < -0.4 is 15.5 Å². The maximum absolute atomic E-state index is 13.7. The topological polar surface area (TPSA) is 70.1 Å². The van der Waals surface area contributed by atoms with Crippen molar-refractivity contribution in [2.45, 2.75) is 19.8 Å². The van der Waals surface area contributed by atoms with E-state index in [1.54, 1.807) is 37.5 Å². The number of halogens is 1. The summed E-state index contributed by atoms with van der Waals surface area (Å²) < 4.78 is 13.7. The first-order chi connectivity index (χ1) is 14.1. The van der Waals surface area contributed by atoms with E-state index in [9.17, 15) is 9.18 Å². The number of rotatable bonds is 4. The Hall–Kier alpha value is -3.48. The highest BCUT2D eigenvalue weighted by Crippen LogP contribution is 2.30. The van der Waals surface area contributed by atoms with Crippen LogP contribution in [-0.2, 0) is 0 Å². The Labute approximate surface area is 168 Å². The van der Waals surface area contributed by atoms with Crippen LogP contribution in [0.4, 0.5) is 26.4 Å². The fourth-order valence-corrected chi connectivity index (χ4v) is 3.47. The van der Waals surface area contributed by atoms with Gasteiger partial charge in [-0.15, -0.1) is 0 Å². The molecule has 1 aliphatic rings. The van der Waals surface area contributed by atoms with E-state index in [-0.39, 0.29) is 5.82 Å². The number of nitrogens with zero attached hydrogens (tertiary/aromatic N) is 3. The zero-order valence-corrected chi connectivity index (χ0v) is 16.2. The van der Waals surface area contributed by atoms with Crippen LogP contribution in [0.15, 0.2) is 54.9 Å². The molecule has 4 rings (SSSR count). The Morgan fingerprint density at radius 1 is 1.03 bits per heavy atom. The molecule has 29 heavy (non-hydrogen) atoms. The van der Waals surface area contributed by atoms with Gasteiger partial charge in [0.05, 0.1) is 0 Å². The molecular weight excluding hydrogens is 369 g/mol. The lowest BCUT2D eigenvalue weighted by atomic mass is 10.1. The van der Waals surface area contributed by atoms with Gasteiger partial charge >= 0.3 is 6.03 Å². The summed E-state index contributed by atoms with van der Waals surface area (Å²) in [4.78, 5) is 23.7. The van der Waals surface area contributed by atoms with Crippen molar-refractivity contribution in [1.29, 1.82) is 0 Å². The van der Waals surface area contributed by atoms with Gasteiger partial charge in [0.25, 0.3) is 0 Å². The van der Waals surface area contributed by atoms with Crippen molar-refractivity contribution in [2.75, 3.05) is 28.6 Å². The number of carbonyl (C=O) groups is 1. The highest BCUT2D eigenvalue weighted by molar-refractivity contribution is 6.00. The zero-order chi connectivity index (χ0) is 20.2. The second-order valence-corrected chi connectivity index (χ2v) is 7.00. The van der Waals surface area contributed by atoms with Gasteiger partial charge in [-0.25, -0.2) is 14.2 Å². The Morgan fingerprint density at radius 3 is 2.62 bits per heavy atom. The first kappa shape index (κ1) is 18.9. The van der Waals surface area contributed by atoms with Crippen LogP contribution in [0.3, 0.4) is 0 Å². The molecule has 2 aromatic carbocycles. The number of hydrogen-bond acceptors (Lipinski definition) is 4. The molecule has 3 aromatic rings. The Balaban J connectivity index is 1.54. The summed E-state index contributed by atoms with van der Waals surface area (Å²) in [7, 11) is 0. The lowest BCUT2D eigenvalue weighted by Gasteiger charge is -2.19. The minimum atomic E-state index is -0.435. The number of urea groups is 1. The molecule has 2 amide bonds. The van der Waals surface area contributed by atoms with E-state index in [1.165, 1.54) is 6.07 Å². The van der Waals surface area contributed by atoms with Crippen LogP contribution in [0.5, 0.6) is 0 Å². The molecule has 0 spiro atoms. The lowest BCUT2D eigenvalue weighted by Crippen LogP contribution is -2.21. The van der Waals surface area contributed by atoms with E-state index >= 15 is 0 Å². The molecule has 6 nitrogen and oxygen atoms in total. The summed E-state index contributed by atoms with van der Waals surface area (Å²) in [6, 6.07) is 11.6. The molecule has 2 N–H and O–H groups in total. The van der Waals surface area contributed by atoms with Gasteiger partial charge in [-0.1, -0.05) is 18.2 Å². The van der Waals surface area contributed by atoms with Gasteiger partial charge in [-0.2, -0.15) is 0 Å². The van der Waals surface area contributed by atoms with Crippen molar-refractivity contribution in [1.82, 2.24) is 9.97 Å². The van der Waals surface area contributed by atoms with E-state index in [4.69, 9.17) is 0 Å². The van der Waals surface area contributed by atoms with Crippen molar-refractivity contribution in [3.8, 4) is 11.3 Å². The number of anilines is 3. The molecule has 7 heteroatoms. The van der Waals surface area contributed by atoms with Gasteiger partial charge < -0.3 is 15.5 Å². The summed E-state index contributed by atoms with van der Waals surface area (Å²) in [6.45, 7) is 3.57. The van der Waals surface area contributed by atoms with Crippen LogP contribution in [0, 0.1) is 12.7 Å². The second kappa shape index (κ2) is 8.26. The van der Waals surface area contributed by atoms with E-state index < -0.39 is 6.03 Å². The van der Waals surface area contributed by atoms with E-state index in [1.807, 2.05) is 18.2 Å². The molecule has 1 aliphatic heterocycles. The lowest BCUT2D eigenvalue weighted by molar-refractivity contribution is 0.262. The molecule has 0 radical (unpaired) electrons. The van der Waals surface area contributed by atoms with Gasteiger partial charge in [0.2, 0.25) is 0 Å². The largest absolute Gasteiger partial charge is 0.355 e. The fraction of sp³-hybridized carbons (Fsp3) is 0.227. The smallest absolute Gasteiger partial charge is 0.323 e. The van der Waals surface area contributed by atoms with Crippen molar-refractivity contribution in [2.24, 2.45) is 0 Å². The zero-order valence-electron chi connectivity index (χ0n) is 16.2. The molecule has 0 unspecified atom stereocenters. The van der Waals surface area contributed by atoms with Gasteiger partial charge in [0.1, 0.15) is 11.5 Å². The molecule has 1 saturated heterocycles. The predicted molar refractivity (Wildman–Crippen MR) is 113 cm³/mol. The van der Waals surface area contributed by atoms with Crippen LogP contribution in [0.25, 0.3) is 11.3 Å². The number of carbonyl (C=O) groups excluding carboxylic acids is 1. The molecule has 0 saturated carbocycles. The average molecular weight is 391 g/mol. The quantitative estimate of drug-likeness (QED) is 0.668. The third-order valence-corrected chi connectivity index (χ3v) is 4.99. The monoisotopic (exact) mass is 391 g/mol. The maximum atomic E-state index is 13.7. The minimum absolute atomic E-state index is 0.359. The number of hydrogen-bond donors (Lipinski definition) is 2. The molecule has 2 heterocycles. The van der Waals surface area contributed by atoms with Gasteiger partial charge in [-0.3, -0.25) is 4.98 Å². The highest BCUT2D eigenvalue weighted by Gasteiger charge is 2.19. The van der Waals surface area contributed by atoms with E-state index in [0.29, 0.717) is 16.9 Å². The van der Waals surface area contributed by atoms with Gasteiger partial charge in [0.15, 0.2) is 5.82 Å². The van der Waals surface area contributed by atoms with Crippen LogP contribution in [-0.4, -0.2) is 29.1 Å². The van der Waals surface area contributed by atoms with Crippen molar-refractivity contribution in [3.63, 3.8) is 0 Å². The van der Waals surface area contributed by atoms with Crippen LogP contribution >= 0.6 is 0 Å². The normalized spacial score (nSPS) is 13.4. The Bertz CT molecular complexity index is 1030. The second-order valence-electron chi connectivity index (χ2n) is 7.00. The SMILES string of the molecule is Cc1c(F)cccc1NC(=O)Nc1cccc(-c2nccnc2N2CCCC2)c1. The fourth-order valence-electron chi connectivity index (χ4n) is 3.47. The van der Waals surface area contributed by atoms with E-state index in [0.717, 1.165) is 43.0 Å². The molecule has 0 aliphatic carbocycles. The molecule has 1 aromatic heterocycles. The minimum Gasteiger partial charge on any atom is -0.355 e. The number of nitrogens with one attached hydrogen (secondary N) is 2. The van der Waals surface area contributed by atoms with E-state index in [2.05, 4.69) is 25.5 Å². The van der Waals surface area contributed by atoms with Crippen molar-refractivity contribution >= 4 is 23.2 Å². The highest BCUT2D eigenvalue weighted by atomic mass is 19.1. The third-order valence-electron chi connectivity index (χ3n) is 4.99. The molecule has 0 atom stereocenters. The summed E-state index contributed by atoms with van der Waals surface area (Å²) in [5.41, 5.74) is 3.11. The molecule has 0 bridgehead atoms. The number of amides is 2. The summed E-state index contributed by atoms with van der Waals surface area (Å²) in [5, 5.41) is 5.49. The molecule has 148 valence electrons. The van der Waals surface area contributed by atoms with Crippen molar-refractivity contribution < 1.29 is 9.18 Å². The predicted octanol–water partition coefficient (Wildman–Crippen LogP) is 4.84.